The SMILES string of the molecule is COc1ccc(C(=O)NC2CCCC2)cc1C#CCCO. The Morgan fingerprint density at radius 3 is 2.86 bits per heavy atom. The van der Waals surface area contributed by atoms with Crippen LogP contribution < -0.4 is 10.1 Å². The minimum Gasteiger partial charge on any atom is -0.495 e. The Balaban J connectivity index is 2.14. The van der Waals surface area contributed by atoms with Gasteiger partial charge in [-0.25, -0.2) is 0 Å². The van der Waals surface area contributed by atoms with Gasteiger partial charge < -0.3 is 15.2 Å². The Morgan fingerprint density at radius 1 is 1.43 bits per heavy atom. The second-order valence-corrected chi connectivity index (χ2v) is 5.15. The monoisotopic (exact) mass is 287 g/mol. The lowest BCUT2D eigenvalue weighted by atomic mass is 10.1. The van der Waals surface area contributed by atoms with Crippen molar-refractivity contribution in [3.05, 3.63) is 29.3 Å². The Hall–Kier alpha value is -1.99. The minimum absolute atomic E-state index is 0.0250. The van der Waals surface area contributed by atoms with Crippen LogP contribution in [0, 0.1) is 11.8 Å². The molecule has 21 heavy (non-hydrogen) atoms. The zero-order chi connectivity index (χ0) is 15.1. The number of carbonyl (C=O) groups excluding carboxylic acids is 1. The summed E-state index contributed by atoms with van der Waals surface area (Å²) in [6.07, 6.45) is 4.90. The van der Waals surface area contributed by atoms with Gasteiger partial charge in [0, 0.05) is 18.0 Å². The fraction of sp³-hybridized carbons (Fsp3) is 0.471. The van der Waals surface area contributed by atoms with Crippen LogP contribution in [-0.4, -0.2) is 30.8 Å². The number of aliphatic hydroxyl groups is 1. The smallest absolute Gasteiger partial charge is 0.251 e. The van der Waals surface area contributed by atoms with Crippen molar-refractivity contribution in [3.8, 4) is 17.6 Å². The molecule has 1 saturated carbocycles. The fourth-order valence-electron chi connectivity index (χ4n) is 2.50. The third-order valence-electron chi connectivity index (χ3n) is 3.61. The molecule has 2 N–H and O–H groups in total. The summed E-state index contributed by atoms with van der Waals surface area (Å²) in [4.78, 5) is 12.2. The molecule has 0 spiro atoms. The van der Waals surface area contributed by atoms with Gasteiger partial charge in [-0.1, -0.05) is 24.7 Å². The van der Waals surface area contributed by atoms with Crippen molar-refractivity contribution in [2.75, 3.05) is 13.7 Å². The van der Waals surface area contributed by atoms with Crippen LogP contribution in [0.4, 0.5) is 0 Å². The lowest BCUT2D eigenvalue weighted by molar-refractivity contribution is 0.0938. The van der Waals surface area contributed by atoms with Gasteiger partial charge in [0.15, 0.2) is 0 Å². The molecule has 0 bridgehead atoms. The molecule has 1 aromatic rings. The van der Waals surface area contributed by atoms with Crippen molar-refractivity contribution >= 4 is 5.91 Å². The lowest BCUT2D eigenvalue weighted by Gasteiger charge is -2.12. The van der Waals surface area contributed by atoms with Crippen molar-refractivity contribution in [1.29, 1.82) is 0 Å². The van der Waals surface area contributed by atoms with Crippen LogP contribution in [0.2, 0.25) is 0 Å². The van der Waals surface area contributed by atoms with E-state index in [1.807, 2.05) is 0 Å². The summed E-state index contributed by atoms with van der Waals surface area (Å²) in [5.74, 6) is 6.37. The molecule has 1 fully saturated rings. The topological polar surface area (TPSA) is 58.6 Å². The van der Waals surface area contributed by atoms with Gasteiger partial charge in [0.1, 0.15) is 5.75 Å². The molecule has 1 amide bonds. The lowest BCUT2D eigenvalue weighted by Crippen LogP contribution is -2.32. The first kappa shape index (κ1) is 15.4. The largest absolute Gasteiger partial charge is 0.495 e. The summed E-state index contributed by atoms with van der Waals surface area (Å²) in [5, 5.41) is 11.8. The predicted molar refractivity (Wildman–Crippen MR) is 81.3 cm³/mol. The fourth-order valence-corrected chi connectivity index (χ4v) is 2.50. The number of hydrogen-bond donors (Lipinski definition) is 2. The number of benzene rings is 1. The van der Waals surface area contributed by atoms with Crippen LogP contribution >= 0.6 is 0 Å². The average Bonchev–Trinajstić information content (AvgIpc) is 3.00. The van der Waals surface area contributed by atoms with E-state index in [9.17, 15) is 4.79 Å². The van der Waals surface area contributed by atoms with E-state index in [1.54, 1.807) is 25.3 Å². The van der Waals surface area contributed by atoms with Crippen molar-refractivity contribution in [2.24, 2.45) is 0 Å². The zero-order valence-corrected chi connectivity index (χ0v) is 12.3. The molecule has 4 nitrogen and oxygen atoms in total. The van der Waals surface area contributed by atoms with Crippen LogP contribution in [-0.2, 0) is 0 Å². The van der Waals surface area contributed by atoms with Crippen molar-refractivity contribution < 1.29 is 14.6 Å². The molecule has 112 valence electrons. The molecule has 4 heteroatoms. The molecule has 2 rings (SSSR count). The minimum atomic E-state index is -0.0604. The van der Waals surface area contributed by atoms with Crippen molar-refractivity contribution in [2.45, 2.75) is 38.1 Å². The van der Waals surface area contributed by atoms with Gasteiger partial charge >= 0.3 is 0 Å². The van der Waals surface area contributed by atoms with E-state index >= 15 is 0 Å². The third kappa shape index (κ3) is 4.24. The van der Waals surface area contributed by atoms with Gasteiger partial charge in [-0.15, -0.1) is 0 Å². The molecule has 0 aromatic heterocycles. The van der Waals surface area contributed by atoms with Crippen LogP contribution in [0.5, 0.6) is 5.75 Å². The number of nitrogens with one attached hydrogen (secondary N) is 1. The molecule has 0 saturated heterocycles. The highest BCUT2D eigenvalue weighted by Crippen LogP contribution is 2.21. The normalized spacial score (nSPS) is 14.4. The Morgan fingerprint density at radius 2 is 2.19 bits per heavy atom. The summed E-state index contributed by atoms with van der Waals surface area (Å²) in [6.45, 7) is 0.0250. The number of carbonyl (C=O) groups is 1. The van der Waals surface area contributed by atoms with E-state index in [-0.39, 0.29) is 12.5 Å². The predicted octanol–water partition coefficient (Wildman–Crippen LogP) is 2.10. The van der Waals surface area contributed by atoms with Gasteiger partial charge in [0.25, 0.3) is 5.91 Å². The van der Waals surface area contributed by atoms with Gasteiger partial charge in [-0.05, 0) is 31.0 Å². The number of hydrogen-bond acceptors (Lipinski definition) is 3. The van der Waals surface area contributed by atoms with Crippen LogP contribution in [0.1, 0.15) is 48.0 Å². The second-order valence-electron chi connectivity index (χ2n) is 5.15. The highest BCUT2D eigenvalue weighted by atomic mass is 16.5. The summed E-state index contributed by atoms with van der Waals surface area (Å²) in [6, 6.07) is 5.55. The van der Waals surface area contributed by atoms with E-state index in [4.69, 9.17) is 9.84 Å². The van der Waals surface area contributed by atoms with Crippen molar-refractivity contribution in [1.82, 2.24) is 5.32 Å². The molecule has 0 heterocycles. The molecule has 1 aliphatic rings. The maximum atomic E-state index is 12.2. The van der Waals surface area contributed by atoms with E-state index < -0.39 is 0 Å². The van der Waals surface area contributed by atoms with E-state index in [0.717, 1.165) is 12.8 Å². The molecule has 1 aliphatic carbocycles. The van der Waals surface area contributed by atoms with Gasteiger partial charge in [0.2, 0.25) is 0 Å². The standard InChI is InChI=1S/C17H21NO3/c1-21-16-10-9-14(12-13(16)6-4-5-11-19)17(20)18-15-7-2-3-8-15/h9-10,12,15,19H,2-3,5,7-8,11H2,1H3,(H,18,20). The highest BCUT2D eigenvalue weighted by Gasteiger charge is 2.18. The molecular formula is C17H21NO3. The first-order valence-electron chi connectivity index (χ1n) is 7.33. The molecule has 0 aliphatic heterocycles. The zero-order valence-electron chi connectivity index (χ0n) is 12.3. The summed E-state index contributed by atoms with van der Waals surface area (Å²) in [5.41, 5.74) is 1.26. The Bertz CT molecular complexity index is 551. The molecular weight excluding hydrogens is 266 g/mol. The number of methoxy groups -OCH3 is 1. The van der Waals surface area contributed by atoms with Crippen molar-refractivity contribution in [3.63, 3.8) is 0 Å². The number of ether oxygens (including phenoxy) is 1. The highest BCUT2D eigenvalue weighted by molar-refractivity contribution is 5.95. The second kappa shape index (κ2) is 7.70. The molecule has 1 aromatic carbocycles. The molecule has 0 unspecified atom stereocenters. The first-order chi connectivity index (χ1) is 10.2. The number of aliphatic hydroxyl groups excluding tert-OH is 1. The third-order valence-corrected chi connectivity index (χ3v) is 3.61. The molecule has 0 atom stereocenters. The van der Waals surface area contributed by atoms with Crippen LogP contribution in [0.25, 0.3) is 0 Å². The molecule has 0 radical (unpaired) electrons. The average molecular weight is 287 g/mol. The summed E-state index contributed by atoms with van der Waals surface area (Å²) < 4.78 is 5.25. The van der Waals surface area contributed by atoms with Crippen LogP contribution in [0.15, 0.2) is 18.2 Å². The van der Waals surface area contributed by atoms with E-state index in [2.05, 4.69) is 17.2 Å². The summed E-state index contributed by atoms with van der Waals surface area (Å²) in [7, 11) is 1.57. The Labute approximate surface area is 125 Å². The van der Waals surface area contributed by atoms with E-state index in [0.29, 0.717) is 29.3 Å². The van der Waals surface area contributed by atoms with Gasteiger partial charge in [-0.3, -0.25) is 4.79 Å². The first-order valence-corrected chi connectivity index (χ1v) is 7.33. The number of rotatable bonds is 4. The maximum Gasteiger partial charge on any atom is 0.251 e. The number of amides is 1. The Kier molecular flexibility index (Phi) is 5.65. The quantitative estimate of drug-likeness (QED) is 0.834. The maximum absolute atomic E-state index is 12.2. The van der Waals surface area contributed by atoms with E-state index in [1.165, 1.54) is 12.8 Å². The van der Waals surface area contributed by atoms with Gasteiger partial charge in [-0.2, -0.15) is 0 Å². The summed E-state index contributed by atoms with van der Waals surface area (Å²) >= 11 is 0. The van der Waals surface area contributed by atoms with Crippen LogP contribution in [0.3, 0.4) is 0 Å². The van der Waals surface area contributed by atoms with Gasteiger partial charge in [0.05, 0.1) is 19.3 Å².